The molecule has 0 saturated heterocycles. The Kier molecular flexibility index (Phi) is 6.21. The van der Waals surface area contributed by atoms with Crippen molar-refractivity contribution < 1.29 is 28.6 Å². The van der Waals surface area contributed by atoms with Gasteiger partial charge in [0.25, 0.3) is 5.91 Å². The van der Waals surface area contributed by atoms with Crippen LogP contribution in [0.5, 0.6) is 11.5 Å². The molecule has 5 rings (SSSR count). The SMILES string of the molecule is COc1ccc([C@@H]2C(C(=O)c3cc4ccccc4o3)=C(O)C(=O)N2CCc2ccccc2)cc1OC. The van der Waals surface area contributed by atoms with Gasteiger partial charge in [-0.1, -0.05) is 54.6 Å². The van der Waals surface area contributed by atoms with Gasteiger partial charge in [0.15, 0.2) is 23.0 Å². The van der Waals surface area contributed by atoms with Crippen LogP contribution in [0.2, 0.25) is 0 Å². The lowest BCUT2D eigenvalue weighted by Gasteiger charge is -2.27. The number of ketones is 1. The molecule has 2 heterocycles. The molecule has 1 amide bonds. The Morgan fingerprint density at radius 2 is 1.67 bits per heavy atom. The van der Waals surface area contributed by atoms with Crippen molar-refractivity contribution in [3.05, 3.63) is 107 Å². The minimum atomic E-state index is -0.832. The first-order chi connectivity index (χ1) is 17.5. The highest BCUT2D eigenvalue weighted by molar-refractivity contribution is 6.16. The smallest absolute Gasteiger partial charge is 0.290 e. The lowest BCUT2D eigenvalue weighted by Crippen LogP contribution is -2.33. The number of hydrogen-bond acceptors (Lipinski definition) is 6. The van der Waals surface area contributed by atoms with Crippen LogP contribution in [0, 0.1) is 0 Å². The lowest BCUT2D eigenvalue weighted by molar-refractivity contribution is -0.129. The van der Waals surface area contributed by atoms with Gasteiger partial charge in [0.05, 0.1) is 25.8 Å². The van der Waals surface area contributed by atoms with Gasteiger partial charge in [0.1, 0.15) is 5.58 Å². The third-order valence-corrected chi connectivity index (χ3v) is 6.41. The van der Waals surface area contributed by atoms with Crippen LogP contribution in [-0.4, -0.2) is 42.5 Å². The Morgan fingerprint density at radius 1 is 0.944 bits per heavy atom. The van der Waals surface area contributed by atoms with Crippen molar-refractivity contribution in [2.75, 3.05) is 20.8 Å². The van der Waals surface area contributed by atoms with Crippen LogP contribution >= 0.6 is 0 Å². The van der Waals surface area contributed by atoms with E-state index in [-0.39, 0.29) is 11.3 Å². The number of benzene rings is 3. The van der Waals surface area contributed by atoms with E-state index in [1.54, 1.807) is 30.3 Å². The molecule has 182 valence electrons. The summed E-state index contributed by atoms with van der Waals surface area (Å²) in [6, 6.07) is 23.0. The fraction of sp³-hybridized carbons (Fsp3) is 0.172. The number of Topliss-reactive ketones (excluding diaryl/α,β-unsaturated/α-hetero) is 1. The molecule has 4 aromatic rings. The zero-order valence-electron chi connectivity index (χ0n) is 19.9. The maximum Gasteiger partial charge on any atom is 0.290 e. The van der Waals surface area contributed by atoms with E-state index >= 15 is 0 Å². The van der Waals surface area contributed by atoms with Crippen LogP contribution in [-0.2, 0) is 11.2 Å². The first-order valence-corrected chi connectivity index (χ1v) is 11.5. The molecule has 1 aliphatic heterocycles. The van der Waals surface area contributed by atoms with E-state index in [4.69, 9.17) is 13.9 Å². The zero-order valence-corrected chi connectivity index (χ0v) is 19.9. The number of amides is 1. The van der Waals surface area contributed by atoms with Crippen molar-refractivity contribution in [3.63, 3.8) is 0 Å². The number of para-hydroxylation sites is 1. The Morgan fingerprint density at radius 3 is 2.39 bits per heavy atom. The molecule has 0 saturated carbocycles. The molecule has 1 N–H and O–H groups in total. The van der Waals surface area contributed by atoms with Crippen LogP contribution in [0.4, 0.5) is 0 Å². The molecule has 1 aliphatic rings. The number of furan rings is 1. The molecule has 0 aliphatic carbocycles. The maximum atomic E-state index is 13.7. The van der Waals surface area contributed by atoms with Crippen LogP contribution in [0.1, 0.15) is 27.7 Å². The molecule has 0 bridgehead atoms. The number of aliphatic hydroxyl groups excluding tert-OH is 1. The summed E-state index contributed by atoms with van der Waals surface area (Å²) in [6.45, 7) is 0.294. The van der Waals surface area contributed by atoms with Gasteiger partial charge >= 0.3 is 0 Å². The Bertz CT molecular complexity index is 1440. The van der Waals surface area contributed by atoms with Gasteiger partial charge in [0.2, 0.25) is 5.78 Å². The quantitative estimate of drug-likeness (QED) is 0.344. The predicted molar refractivity (Wildman–Crippen MR) is 134 cm³/mol. The zero-order chi connectivity index (χ0) is 25.2. The molecule has 0 fully saturated rings. The van der Waals surface area contributed by atoms with Gasteiger partial charge in [-0.05, 0) is 41.8 Å². The van der Waals surface area contributed by atoms with Crippen molar-refractivity contribution in [2.45, 2.75) is 12.5 Å². The van der Waals surface area contributed by atoms with Gasteiger partial charge in [0, 0.05) is 11.9 Å². The maximum absolute atomic E-state index is 13.7. The van der Waals surface area contributed by atoms with Gasteiger partial charge in [-0.25, -0.2) is 0 Å². The number of rotatable bonds is 8. The minimum Gasteiger partial charge on any atom is -0.503 e. The monoisotopic (exact) mass is 483 g/mol. The second kappa shape index (κ2) is 9.62. The summed E-state index contributed by atoms with van der Waals surface area (Å²) in [4.78, 5) is 28.5. The highest BCUT2D eigenvalue weighted by Crippen LogP contribution is 2.42. The fourth-order valence-electron chi connectivity index (χ4n) is 4.61. The third-order valence-electron chi connectivity index (χ3n) is 6.41. The van der Waals surface area contributed by atoms with E-state index in [0.29, 0.717) is 35.6 Å². The van der Waals surface area contributed by atoms with E-state index < -0.39 is 23.5 Å². The molecule has 1 atom stereocenters. The van der Waals surface area contributed by atoms with Crippen LogP contribution in [0.25, 0.3) is 11.0 Å². The summed E-state index contributed by atoms with van der Waals surface area (Å²) in [5.74, 6) is -0.703. The number of ether oxygens (including phenoxy) is 2. The van der Waals surface area contributed by atoms with E-state index in [2.05, 4.69) is 0 Å². The minimum absolute atomic E-state index is 0.0284. The molecule has 0 spiro atoms. The lowest BCUT2D eigenvalue weighted by atomic mass is 9.94. The molecule has 0 unspecified atom stereocenters. The molecule has 36 heavy (non-hydrogen) atoms. The van der Waals surface area contributed by atoms with Gasteiger partial charge in [-0.2, -0.15) is 0 Å². The van der Waals surface area contributed by atoms with E-state index in [9.17, 15) is 14.7 Å². The second-order valence-corrected chi connectivity index (χ2v) is 8.49. The van der Waals surface area contributed by atoms with Crippen LogP contribution in [0.3, 0.4) is 0 Å². The normalized spacial score (nSPS) is 15.6. The first-order valence-electron chi connectivity index (χ1n) is 11.5. The van der Waals surface area contributed by atoms with Crippen molar-refractivity contribution in [2.24, 2.45) is 0 Å². The van der Waals surface area contributed by atoms with Crippen molar-refractivity contribution in [1.82, 2.24) is 4.90 Å². The van der Waals surface area contributed by atoms with Crippen LogP contribution < -0.4 is 9.47 Å². The third kappa shape index (κ3) is 4.09. The van der Waals surface area contributed by atoms with E-state index in [0.717, 1.165) is 10.9 Å². The van der Waals surface area contributed by atoms with Gasteiger partial charge in [-0.15, -0.1) is 0 Å². The number of aliphatic hydroxyl groups is 1. The molecule has 7 heteroatoms. The molecule has 1 aromatic heterocycles. The largest absolute Gasteiger partial charge is 0.503 e. The first kappa shape index (κ1) is 23.2. The summed E-state index contributed by atoms with van der Waals surface area (Å²) in [6.07, 6.45) is 0.551. The van der Waals surface area contributed by atoms with Crippen molar-refractivity contribution >= 4 is 22.7 Å². The molecular weight excluding hydrogens is 458 g/mol. The summed E-state index contributed by atoms with van der Waals surface area (Å²) in [5.41, 5.74) is 2.17. The van der Waals surface area contributed by atoms with Gasteiger partial charge < -0.3 is 23.9 Å². The number of hydrogen-bond donors (Lipinski definition) is 1. The number of fused-ring (bicyclic) bond motifs is 1. The van der Waals surface area contributed by atoms with E-state index in [1.807, 2.05) is 48.5 Å². The highest BCUT2D eigenvalue weighted by atomic mass is 16.5. The van der Waals surface area contributed by atoms with E-state index in [1.165, 1.54) is 19.1 Å². The molecule has 7 nitrogen and oxygen atoms in total. The number of nitrogens with zero attached hydrogens (tertiary/aromatic N) is 1. The topological polar surface area (TPSA) is 89.2 Å². The number of carbonyl (C=O) groups excluding carboxylic acids is 2. The number of methoxy groups -OCH3 is 2. The summed E-state index contributed by atoms with van der Waals surface area (Å²) in [5, 5.41) is 11.7. The number of carbonyl (C=O) groups is 2. The van der Waals surface area contributed by atoms with Crippen molar-refractivity contribution in [1.29, 1.82) is 0 Å². The average molecular weight is 484 g/mol. The van der Waals surface area contributed by atoms with Crippen molar-refractivity contribution in [3.8, 4) is 11.5 Å². The molecular formula is C29H25NO6. The summed E-state index contributed by atoms with van der Waals surface area (Å²) < 4.78 is 16.6. The standard InChI is InChI=1S/C29H25NO6/c1-34-22-13-12-20(17-23(22)35-2)26-25(27(31)24-16-19-10-6-7-11-21(19)36-24)28(32)29(33)30(26)15-14-18-8-4-3-5-9-18/h3-13,16-17,26,32H,14-15H2,1-2H3/t26-/m1/s1. The van der Waals surface area contributed by atoms with Crippen LogP contribution in [0.15, 0.2) is 94.6 Å². The predicted octanol–water partition coefficient (Wildman–Crippen LogP) is 5.27. The molecule has 0 radical (unpaired) electrons. The Balaban J connectivity index is 1.58. The average Bonchev–Trinajstić information content (AvgIpc) is 3.46. The molecule has 3 aromatic carbocycles. The Labute approximate surface area is 208 Å². The highest BCUT2D eigenvalue weighted by Gasteiger charge is 2.44. The Hall–Kier alpha value is -4.52. The summed E-state index contributed by atoms with van der Waals surface area (Å²) in [7, 11) is 3.05. The van der Waals surface area contributed by atoms with Gasteiger partial charge in [-0.3, -0.25) is 9.59 Å². The fourth-order valence-corrected chi connectivity index (χ4v) is 4.61. The second-order valence-electron chi connectivity index (χ2n) is 8.49. The summed E-state index contributed by atoms with van der Waals surface area (Å²) >= 11 is 0.